The molecule has 2 amide bonds. The summed E-state index contributed by atoms with van der Waals surface area (Å²) in [6, 6.07) is 3.06. The van der Waals surface area contributed by atoms with E-state index in [1.807, 2.05) is 6.92 Å². The molecule has 7 heteroatoms. The number of methoxy groups -OCH3 is 1. The lowest BCUT2D eigenvalue weighted by atomic mass is 10.1. The highest BCUT2D eigenvalue weighted by Crippen LogP contribution is 2.36. The van der Waals surface area contributed by atoms with Crippen molar-refractivity contribution in [2.45, 2.75) is 25.8 Å². The standard InChI is InChI=1S/C15H19ClN2O4/c1-3-22-14-11(16)6-9(7-12(14)21-2)15(20)18-10-4-5-13(19)17-8-10/h6-7,10H,3-5,8H2,1-2H3,(H,17,19)(H,18,20)/t10-/m1/s1. The topological polar surface area (TPSA) is 76.7 Å². The first-order valence-electron chi connectivity index (χ1n) is 7.13. The molecule has 0 bridgehead atoms. The predicted molar refractivity (Wildman–Crippen MR) is 82.7 cm³/mol. The fourth-order valence-corrected chi connectivity index (χ4v) is 2.53. The van der Waals surface area contributed by atoms with Gasteiger partial charge < -0.3 is 20.1 Å². The highest BCUT2D eigenvalue weighted by atomic mass is 35.5. The minimum absolute atomic E-state index is 0.0104. The molecule has 0 radical (unpaired) electrons. The lowest BCUT2D eigenvalue weighted by Gasteiger charge is -2.23. The molecular formula is C15H19ClN2O4. The number of carbonyl (C=O) groups is 2. The summed E-state index contributed by atoms with van der Waals surface area (Å²) < 4.78 is 10.6. The number of halogens is 1. The van der Waals surface area contributed by atoms with Gasteiger partial charge in [-0.2, -0.15) is 0 Å². The van der Waals surface area contributed by atoms with Gasteiger partial charge in [0.25, 0.3) is 5.91 Å². The summed E-state index contributed by atoms with van der Waals surface area (Å²) in [5.74, 6) is 0.588. The van der Waals surface area contributed by atoms with E-state index in [0.717, 1.165) is 0 Å². The Bertz CT molecular complexity index is 567. The normalized spacial score (nSPS) is 17.6. The number of rotatable bonds is 5. The smallest absolute Gasteiger partial charge is 0.251 e. The average molecular weight is 327 g/mol. The Balaban J connectivity index is 2.12. The molecule has 2 N–H and O–H groups in total. The molecule has 6 nitrogen and oxygen atoms in total. The molecule has 1 aliphatic rings. The van der Waals surface area contributed by atoms with E-state index in [9.17, 15) is 9.59 Å². The van der Waals surface area contributed by atoms with E-state index in [4.69, 9.17) is 21.1 Å². The lowest BCUT2D eigenvalue weighted by molar-refractivity contribution is -0.122. The molecule has 1 aromatic rings. The minimum atomic E-state index is -0.260. The van der Waals surface area contributed by atoms with Crippen molar-refractivity contribution in [3.05, 3.63) is 22.7 Å². The van der Waals surface area contributed by atoms with Crippen molar-refractivity contribution in [3.8, 4) is 11.5 Å². The summed E-state index contributed by atoms with van der Waals surface area (Å²) in [5.41, 5.74) is 0.391. The van der Waals surface area contributed by atoms with Gasteiger partial charge in [-0.05, 0) is 25.5 Å². The molecular weight excluding hydrogens is 308 g/mol. The predicted octanol–water partition coefficient (Wildman–Crippen LogP) is 1.76. The molecule has 0 aromatic heterocycles. The van der Waals surface area contributed by atoms with Crippen molar-refractivity contribution in [1.29, 1.82) is 0 Å². The van der Waals surface area contributed by atoms with Crippen molar-refractivity contribution >= 4 is 23.4 Å². The van der Waals surface area contributed by atoms with E-state index in [1.165, 1.54) is 7.11 Å². The SMILES string of the molecule is CCOc1c(Cl)cc(C(=O)N[C@@H]2CCC(=O)NC2)cc1OC. The second-order valence-corrected chi connectivity index (χ2v) is 5.34. The number of nitrogens with one attached hydrogen (secondary N) is 2. The molecule has 1 atom stereocenters. The maximum atomic E-state index is 12.3. The minimum Gasteiger partial charge on any atom is -0.493 e. The van der Waals surface area contributed by atoms with Gasteiger partial charge in [-0.3, -0.25) is 9.59 Å². The zero-order chi connectivity index (χ0) is 16.1. The van der Waals surface area contributed by atoms with E-state index >= 15 is 0 Å². The summed E-state index contributed by atoms with van der Waals surface area (Å²) in [6.07, 6.45) is 1.04. The van der Waals surface area contributed by atoms with Crippen LogP contribution in [0.1, 0.15) is 30.1 Å². The molecule has 2 rings (SSSR count). The Hall–Kier alpha value is -1.95. The van der Waals surface area contributed by atoms with Gasteiger partial charge in [0.15, 0.2) is 11.5 Å². The second kappa shape index (κ2) is 7.35. The Morgan fingerprint density at radius 2 is 2.27 bits per heavy atom. The van der Waals surface area contributed by atoms with Crippen LogP contribution >= 0.6 is 11.6 Å². The Morgan fingerprint density at radius 3 is 2.86 bits per heavy atom. The third kappa shape index (κ3) is 3.82. The van der Waals surface area contributed by atoms with Crippen LogP contribution in [0.4, 0.5) is 0 Å². The first-order chi connectivity index (χ1) is 10.5. The van der Waals surface area contributed by atoms with E-state index in [2.05, 4.69) is 10.6 Å². The van der Waals surface area contributed by atoms with Gasteiger partial charge >= 0.3 is 0 Å². The quantitative estimate of drug-likeness (QED) is 0.864. The molecule has 1 saturated heterocycles. The van der Waals surface area contributed by atoms with Gasteiger partial charge in [-0.1, -0.05) is 11.6 Å². The molecule has 22 heavy (non-hydrogen) atoms. The fraction of sp³-hybridized carbons (Fsp3) is 0.467. The van der Waals surface area contributed by atoms with Crippen molar-refractivity contribution in [2.24, 2.45) is 0 Å². The van der Waals surface area contributed by atoms with Crippen molar-refractivity contribution in [2.75, 3.05) is 20.3 Å². The number of carbonyl (C=O) groups excluding carboxylic acids is 2. The number of amides is 2. The zero-order valence-corrected chi connectivity index (χ0v) is 13.3. The second-order valence-electron chi connectivity index (χ2n) is 4.94. The van der Waals surface area contributed by atoms with Crippen LogP contribution in [-0.4, -0.2) is 38.1 Å². The largest absolute Gasteiger partial charge is 0.493 e. The highest BCUT2D eigenvalue weighted by molar-refractivity contribution is 6.32. The molecule has 0 aliphatic carbocycles. The van der Waals surface area contributed by atoms with Crippen molar-refractivity contribution in [1.82, 2.24) is 10.6 Å². The molecule has 0 saturated carbocycles. The number of benzene rings is 1. The average Bonchev–Trinajstić information content (AvgIpc) is 2.51. The van der Waals surface area contributed by atoms with Crippen LogP contribution in [0.5, 0.6) is 11.5 Å². The van der Waals surface area contributed by atoms with Crippen LogP contribution in [0, 0.1) is 0 Å². The van der Waals surface area contributed by atoms with Crippen LogP contribution in [0.3, 0.4) is 0 Å². The van der Waals surface area contributed by atoms with Gasteiger partial charge in [0.2, 0.25) is 5.91 Å². The van der Waals surface area contributed by atoms with Gasteiger partial charge in [0.1, 0.15) is 0 Å². The first kappa shape index (κ1) is 16.4. The molecule has 1 aromatic carbocycles. The summed E-state index contributed by atoms with van der Waals surface area (Å²) in [6.45, 7) is 2.73. The number of hydrogen-bond acceptors (Lipinski definition) is 4. The summed E-state index contributed by atoms with van der Waals surface area (Å²) >= 11 is 6.16. The summed E-state index contributed by atoms with van der Waals surface area (Å²) in [4.78, 5) is 23.4. The van der Waals surface area contributed by atoms with Crippen LogP contribution in [-0.2, 0) is 4.79 Å². The molecule has 0 spiro atoms. The molecule has 120 valence electrons. The maximum Gasteiger partial charge on any atom is 0.251 e. The third-order valence-corrected chi connectivity index (χ3v) is 3.66. The Morgan fingerprint density at radius 1 is 1.50 bits per heavy atom. The lowest BCUT2D eigenvalue weighted by Crippen LogP contribution is -2.47. The molecule has 1 aliphatic heterocycles. The Kier molecular flexibility index (Phi) is 5.49. The Labute approximate surface area is 134 Å². The van der Waals surface area contributed by atoms with Crippen LogP contribution in [0.2, 0.25) is 5.02 Å². The summed E-state index contributed by atoms with van der Waals surface area (Å²) in [7, 11) is 1.49. The van der Waals surface area contributed by atoms with Crippen LogP contribution < -0.4 is 20.1 Å². The summed E-state index contributed by atoms with van der Waals surface area (Å²) in [5, 5.41) is 5.92. The van der Waals surface area contributed by atoms with Gasteiger partial charge in [-0.25, -0.2) is 0 Å². The van der Waals surface area contributed by atoms with Crippen LogP contribution in [0.25, 0.3) is 0 Å². The van der Waals surface area contributed by atoms with Crippen molar-refractivity contribution in [3.63, 3.8) is 0 Å². The van der Waals surface area contributed by atoms with Gasteiger partial charge in [0.05, 0.1) is 18.7 Å². The maximum absolute atomic E-state index is 12.3. The van der Waals surface area contributed by atoms with Crippen LogP contribution in [0.15, 0.2) is 12.1 Å². The number of hydrogen-bond donors (Lipinski definition) is 2. The van der Waals surface area contributed by atoms with E-state index < -0.39 is 0 Å². The zero-order valence-electron chi connectivity index (χ0n) is 12.6. The third-order valence-electron chi connectivity index (χ3n) is 3.38. The first-order valence-corrected chi connectivity index (χ1v) is 7.50. The monoisotopic (exact) mass is 326 g/mol. The molecule has 1 heterocycles. The van der Waals surface area contributed by atoms with E-state index in [-0.39, 0.29) is 17.9 Å². The number of ether oxygens (including phenoxy) is 2. The molecule has 1 fully saturated rings. The van der Waals surface area contributed by atoms with Gasteiger partial charge in [0, 0.05) is 24.6 Å². The van der Waals surface area contributed by atoms with E-state index in [0.29, 0.717) is 48.1 Å². The number of piperidine rings is 1. The van der Waals surface area contributed by atoms with E-state index in [1.54, 1.807) is 12.1 Å². The fourth-order valence-electron chi connectivity index (χ4n) is 2.26. The highest BCUT2D eigenvalue weighted by Gasteiger charge is 2.21. The van der Waals surface area contributed by atoms with Gasteiger partial charge in [-0.15, -0.1) is 0 Å². The van der Waals surface area contributed by atoms with Crippen molar-refractivity contribution < 1.29 is 19.1 Å². The molecule has 0 unspecified atom stereocenters.